The molecule has 0 aliphatic carbocycles. The molecule has 1 rings (SSSR count). The highest BCUT2D eigenvalue weighted by Gasteiger charge is 2.12. The van der Waals surface area contributed by atoms with E-state index in [0.29, 0.717) is 13.0 Å². The van der Waals surface area contributed by atoms with Crippen LogP contribution in [0.2, 0.25) is 0 Å². The predicted octanol–water partition coefficient (Wildman–Crippen LogP) is 2.36. The van der Waals surface area contributed by atoms with E-state index in [0.717, 1.165) is 12.5 Å². The number of rotatable bonds is 7. The Morgan fingerprint density at radius 3 is 2.39 bits per heavy atom. The van der Waals surface area contributed by atoms with Gasteiger partial charge in [0.05, 0.1) is 6.10 Å². The molecule has 1 unspecified atom stereocenters. The van der Waals surface area contributed by atoms with Gasteiger partial charge in [0.15, 0.2) is 23.3 Å². The summed E-state index contributed by atoms with van der Waals surface area (Å²) in [5.74, 6) is -1.52. The van der Waals surface area contributed by atoms with Gasteiger partial charge in [-0.3, -0.25) is 0 Å². The number of aliphatic hydroxyl groups excluding tert-OH is 1. The van der Waals surface area contributed by atoms with Gasteiger partial charge in [0.25, 0.3) is 0 Å². The van der Waals surface area contributed by atoms with Crippen molar-refractivity contribution in [1.29, 1.82) is 0 Å². The maximum atomic E-state index is 13.4. The quantitative estimate of drug-likeness (QED) is 0.703. The number of nitrogens with one attached hydrogen (secondary N) is 2. The zero-order valence-electron chi connectivity index (χ0n) is 10.6. The molecule has 1 atom stereocenters. The Labute approximate surface area is 105 Å². The van der Waals surface area contributed by atoms with Gasteiger partial charge in [-0.15, -0.1) is 0 Å². The molecule has 3 N–H and O–H groups in total. The Morgan fingerprint density at radius 2 is 1.83 bits per heavy atom. The third-order valence-electron chi connectivity index (χ3n) is 2.45. The Bertz CT molecular complexity index is 388. The van der Waals surface area contributed by atoms with Crippen LogP contribution in [-0.2, 0) is 0 Å². The highest BCUT2D eigenvalue weighted by atomic mass is 19.1. The third-order valence-corrected chi connectivity index (χ3v) is 2.45. The molecule has 6 heteroatoms. The molecular weight excluding hydrogens is 240 g/mol. The van der Waals surface area contributed by atoms with E-state index < -0.39 is 17.7 Å². The lowest BCUT2D eigenvalue weighted by Crippen LogP contribution is -2.20. The molecule has 102 valence electrons. The predicted molar refractivity (Wildman–Crippen MR) is 67.7 cm³/mol. The van der Waals surface area contributed by atoms with Gasteiger partial charge in [-0.2, -0.15) is 0 Å². The summed E-state index contributed by atoms with van der Waals surface area (Å²) < 4.78 is 26.8. The normalized spacial score (nSPS) is 12.3. The van der Waals surface area contributed by atoms with Gasteiger partial charge in [0.2, 0.25) is 0 Å². The smallest absolute Gasteiger partial charge is 0.168 e. The van der Waals surface area contributed by atoms with Gasteiger partial charge in [-0.25, -0.2) is 13.8 Å². The van der Waals surface area contributed by atoms with Gasteiger partial charge in [-0.1, -0.05) is 13.8 Å². The second kappa shape index (κ2) is 7.10. The number of aromatic nitrogens is 1. The van der Waals surface area contributed by atoms with E-state index in [-0.39, 0.29) is 18.2 Å². The van der Waals surface area contributed by atoms with Gasteiger partial charge < -0.3 is 15.7 Å². The molecule has 1 aromatic heterocycles. The molecule has 0 aliphatic rings. The molecule has 4 nitrogen and oxygen atoms in total. The van der Waals surface area contributed by atoms with Crippen LogP contribution in [0.15, 0.2) is 6.07 Å². The Kier molecular flexibility index (Phi) is 5.77. The summed E-state index contributed by atoms with van der Waals surface area (Å²) >= 11 is 0. The molecule has 18 heavy (non-hydrogen) atoms. The molecule has 0 spiro atoms. The van der Waals surface area contributed by atoms with Crippen LogP contribution in [0.3, 0.4) is 0 Å². The molecule has 0 aromatic carbocycles. The lowest BCUT2D eigenvalue weighted by molar-refractivity contribution is 0.183. The molecule has 0 fully saturated rings. The van der Waals surface area contributed by atoms with E-state index in [9.17, 15) is 13.9 Å². The monoisotopic (exact) mass is 259 g/mol. The fourth-order valence-corrected chi connectivity index (χ4v) is 1.32. The van der Waals surface area contributed by atoms with Crippen LogP contribution in [0.4, 0.5) is 20.4 Å². The van der Waals surface area contributed by atoms with Crippen molar-refractivity contribution < 1.29 is 13.9 Å². The number of pyridine rings is 1. The lowest BCUT2D eigenvalue weighted by atomic mass is 10.3. The first-order valence-electron chi connectivity index (χ1n) is 6.10. The number of anilines is 2. The van der Waals surface area contributed by atoms with E-state index in [1.54, 1.807) is 0 Å². The van der Waals surface area contributed by atoms with Gasteiger partial charge >= 0.3 is 0 Å². The van der Waals surface area contributed by atoms with Crippen LogP contribution in [0.25, 0.3) is 0 Å². The lowest BCUT2D eigenvalue weighted by Gasteiger charge is -2.12. The van der Waals surface area contributed by atoms with Crippen molar-refractivity contribution in [2.75, 3.05) is 23.7 Å². The van der Waals surface area contributed by atoms with E-state index in [1.807, 2.05) is 13.8 Å². The molecule has 0 amide bonds. The van der Waals surface area contributed by atoms with Crippen molar-refractivity contribution in [1.82, 2.24) is 4.98 Å². The zero-order chi connectivity index (χ0) is 13.5. The average Bonchev–Trinajstić information content (AvgIpc) is 2.36. The standard InChI is InChI=1S/C12H19F2N3O/c1-3-5-15-11-9(13)6-10(14)12(17-11)16-7-8(18)4-2/h6,8,18H,3-5,7H2,1-2H3,(H2,15,16,17). The van der Waals surface area contributed by atoms with Crippen molar-refractivity contribution in [3.05, 3.63) is 17.7 Å². The van der Waals surface area contributed by atoms with Crippen LogP contribution >= 0.6 is 0 Å². The minimum absolute atomic E-state index is 0.0201. The molecule has 0 saturated heterocycles. The van der Waals surface area contributed by atoms with Crippen molar-refractivity contribution in [2.45, 2.75) is 32.8 Å². The number of hydrogen-bond acceptors (Lipinski definition) is 4. The van der Waals surface area contributed by atoms with E-state index >= 15 is 0 Å². The summed E-state index contributed by atoms with van der Waals surface area (Å²) in [4.78, 5) is 3.83. The largest absolute Gasteiger partial charge is 0.391 e. The molecule has 0 radical (unpaired) electrons. The van der Waals surface area contributed by atoms with Crippen molar-refractivity contribution in [3.63, 3.8) is 0 Å². The van der Waals surface area contributed by atoms with Crippen LogP contribution < -0.4 is 10.6 Å². The Hall–Kier alpha value is -1.43. The van der Waals surface area contributed by atoms with E-state index in [2.05, 4.69) is 15.6 Å². The van der Waals surface area contributed by atoms with Gasteiger partial charge in [0.1, 0.15) is 0 Å². The first-order valence-corrected chi connectivity index (χ1v) is 6.10. The molecule has 1 heterocycles. The summed E-state index contributed by atoms with van der Waals surface area (Å²) in [5, 5.41) is 14.8. The topological polar surface area (TPSA) is 57.2 Å². The highest BCUT2D eigenvalue weighted by molar-refractivity contribution is 5.47. The fourth-order valence-electron chi connectivity index (χ4n) is 1.32. The summed E-state index contributed by atoms with van der Waals surface area (Å²) in [5.41, 5.74) is 0. The molecule has 0 bridgehead atoms. The number of nitrogens with zero attached hydrogens (tertiary/aromatic N) is 1. The summed E-state index contributed by atoms with van der Waals surface area (Å²) in [6.07, 6.45) is 0.787. The van der Waals surface area contributed by atoms with Crippen LogP contribution in [0.5, 0.6) is 0 Å². The zero-order valence-corrected chi connectivity index (χ0v) is 10.6. The number of aliphatic hydroxyl groups is 1. The van der Waals surface area contributed by atoms with Gasteiger partial charge in [0, 0.05) is 19.2 Å². The summed E-state index contributed by atoms with van der Waals surface area (Å²) in [6.45, 7) is 4.49. The van der Waals surface area contributed by atoms with Crippen LogP contribution in [-0.4, -0.2) is 29.3 Å². The summed E-state index contributed by atoms with van der Waals surface area (Å²) in [6, 6.07) is 0.783. The first kappa shape index (κ1) is 14.6. The van der Waals surface area contributed by atoms with Crippen LogP contribution in [0, 0.1) is 11.6 Å². The minimum Gasteiger partial charge on any atom is -0.391 e. The second-order valence-electron chi connectivity index (χ2n) is 4.02. The molecule has 0 aliphatic heterocycles. The molecule has 0 saturated carbocycles. The first-order chi connectivity index (χ1) is 8.58. The number of halogens is 2. The second-order valence-corrected chi connectivity index (χ2v) is 4.02. The van der Waals surface area contributed by atoms with E-state index in [1.165, 1.54) is 0 Å². The Balaban J connectivity index is 2.77. The summed E-state index contributed by atoms with van der Waals surface area (Å²) in [7, 11) is 0. The highest BCUT2D eigenvalue weighted by Crippen LogP contribution is 2.19. The third kappa shape index (κ3) is 4.10. The fraction of sp³-hybridized carbons (Fsp3) is 0.583. The van der Waals surface area contributed by atoms with E-state index in [4.69, 9.17) is 0 Å². The maximum absolute atomic E-state index is 13.4. The van der Waals surface area contributed by atoms with Gasteiger partial charge in [-0.05, 0) is 12.8 Å². The molecular formula is C12H19F2N3O. The Morgan fingerprint density at radius 1 is 1.22 bits per heavy atom. The van der Waals surface area contributed by atoms with Crippen LogP contribution in [0.1, 0.15) is 26.7 Å². The van der Waals surface area contributed by atoms with Crippen molar-refractivity contribution in [2.24, 2.45) is 0 Å². The maximum Gasteiger partial charge on any atom is 0.168 e. The minimum atomic E-state index is -0.766. The van der Waals surface area contributed by atoms with Crippen molar-refractivity contribution in [3.8, 4) is 0 Å². The van der Waals surface area contributed by atoms with Crippen molar-refractivity contribution >= 4 is 11.6 Å². The molecule has 1 aromatic rings. The number of hydrogen-bond donors (Lipinski definition) is 3. The SMILES string of the molecule is CCCNc1nc(NCC(O)CC)c(F)cc1F. The average molecular weight is 259 g/mol.